The predicted molar refractivity (Wildman–Crippen MR) is 125 cm³/mol. The van der Waals surface area contributed by atoms with Gasteiger partial charge in [-0.15, -0.1) is 0 Å². The lowest BCUT2D eigenvalue weighted by Gasteiger charge is -2.32. The summed E-state index contributed by atoms with van der Waals surface area (Å²) in [5, 5.41) is 5.63. The van der Waals surface area contributed by atoms with E-state index < -0.39 is 23.6 Å². The average molecular weight is 442 g/mol. The molecule has 0 heterocycles. The van der Waals surface area contributed by atoms with Gasteiger partial charge in [0.1, 0.15) is 5.82 Å². The second-order valence-corrected chi connectivity index (χ2v) is 8.00. The van der Waals surface area contributed by atoms with Crippen LogP contribution in [0.1, 0.15) is 24.8 Å². The number of halogens is 1. The minimum atomic E-state index is -0.773. The van der Waals surface area contributed by atoms with E-state index in [1.54, 1.807) is 67.6 Å². The van der Waals surface area contributed by atoms with Gasteiger partial charge in [0.25, 0.3) is 5.91 Å². The van der Waals surface area contributed by atoms with Crippen molar-refractivity contribution in [3.05, 3.63) is 107 Å². The smallest absolute Gasteiger partial charge is 0.259 e. The van der Waals surface area contributed by atoms with Crippen molar-refractivity contribution in [3.8, 4) is 0 Å². The molecule has 1 aliphatic carbocycles. The number of carbonyl (C=O) groups excluding carboxylic acids is 3. The van der Waals surface area contributed by atoms with Crippen molar-refractivity contribution in [2.75, 3.05) is 10.6 Å². The second kappa shape index (κ2) is 9.61. The van der Waals surface area contributed by atoms with Crippen LogP contribution in [0.5, 0.6) is 0 Å². The number of Topliss-reactive ketones (excluding diaryl/α,β-unsaturated/α-hetero) is 1. The number of carbonyl (C=O) groups is 3. The van der Waals surface area contributed by atoms with E-state index in [0.717, 1.165) is 0 Å². The van der Waals surface area contributed by atoms with E-state index in [-0.39, 0.29) is 23.7 Å². The van der Waals surface area contributed by atoms with Gasteiger partial charge >= 0.3 is 0 Å². The Kier molecular flexibility index (Phi) is 6.45. The number of anilines is 2. The standard InChI is InChI=1S/C27H23FN2O3/c1-17-24(26(32)29-20-8-4-2-5-9-20)22(18-12-14-19(28)15-13-18)16-23(31)25(17)27(33)30-21-10-6-3-7-11-21/h2-15,22,24H,16H2,1H3,(H,29,32)(H,30,33). The van der Waals surface area contributed by atoms with Crippen molar-refractivity contribution in [3.63, 3.8) is 0 Å². The second-order valence-electron chi connectivity index (χ2n) is 8.00. The predicted octanol–water partition coefficient (Wildman–Crippen LogP) is 5.09. The van der Waals surface area contributed by atoms with Crippen LogP contribution in [0.25, 0.3) is 0 Å². The first-order chi connectivity index (χ1) is 15.9. The number of hydrogen-bond acceptors (Lipinski definition) is 3. The fraction of sp³-hybridized carbons (Fsp3) is 0.148. The number of rotatable bonds is 5. The molecule has 2 atom stereocenters. The van der Waals surface area contributed by atoms with Crippen LogP contribution in [-0.4, -0.2) is 17.6 Å². The third kappa shape index (κ3) is 4.90. The summed E-state index contributed by atoms with van der Waals surface area (Å²) in [5.74, 6) is -2.91. The Hall–Kier alpha value is -4.06. The molecule has 5 nitrogen and oxygen atoms in total. The zero-order valence-corrected chi connectivity index (χ0v) is 18.0. The maximum Gasteiger partial charge on any atom is 0.259 e. The van der Waals surface area contributed by atoms with Crippen molar-refractivity contribution in [1.82, 2.24) is 0 Å². The van der Waals surface area contributed by atoms with Crippen LogP contribution < -0.4 is 10.6 Å². The molecule has 0 spiro atoms. The van der Waals surface area contributed by atoms with E-state index in [4.69, 9.17) is 0 Å². The van der Waals surface area contributed by atoms with Crippen molar-refractivity contribution in [1.29, 1.82) is 0 Å². The van der Waals surface area contributed by atoms with E-state index in [9.17, 15) is 18.8 Å². The number of benzene rings is 3. The number of amides is 2. The van der Waals surface area contributed by atoms with Crippen molar-refractivity contribution < 1.29 is 18.8 Å². The monoisotopic (exact) mass is 442 g/mol. The third-order valence-corrected chi connectivity index (χ3v) is 5.83. The first kappa shape index (κ1) is 22.1. The minimum Gasteiger partial charge on any atom is -0.326 e. The van der Waals surface area contributed by atoms with Crippen LogP contribution in [0.4, 0.5) is 15.8 Å². The number of para-hydroxylation sites is 2. The van der Waals surface area contributed by atoms with Crippen molar-refractivity contribution in [2.45, 2.75) is 19.3 Å². The van der Waals surface area contributed by atoms with Gasteiger partial charge in [0, 0.05) is 23.7 Å². The molecule has 0 fully saturated rings. The zero-order valence-electron chi connectivity index (χ0n) is 18.0. The summed E-state index contributed by atoms with van der Waals surface area (Å²) in [6.45, 7) is 1.64. The first-order valence-corrected chi connectivity index (χ1v) is 10.7. The van der Waals surface area contributed by atoms with Crippen molar-refractivity contribution in [2.24, 2.45) is 5.92 Å². The maximum atomic E-state index is 13.5. The molecule has 2 N–H and O–H groups in total. The Bertz CT molecular complexity index is 1210. The van der Waals surface area contributed by atoms with Gasteiger partial charge in [-0.3, -0.25) is 14.4 Å². The largest absolute Gasteiger partial charge is 0.326 e. The Morgan fingerprint density at radius 2 is 1.36 bits per heavy atom. The van der Waals surface area contributed by atoms with Crippen molar-refractivity contribution >= 4 is 29.0 Å². The minimum absolute atomic E-state index is 0.00886. The molecular formula is C27H23FN2O3. The summed E-state index contributed by atoms with van der Waals surface area (Å²) in [7, 11) is 0. The molecule has 6 heteroatoms. The molecule has 0 aliphatic heterocycles. The van der Waals surface area contributed by atoms with E-state index in [0.29, 0.717) is 22.5 Å². The fourth-order valence-electron chi connectivity index (χ4n) is 4.26. The van der Waals surface area contributed by atoms with Crippen LogP contribution in [0.15, 0.2) is 96.1 Å². The van der Waals surface area contributed by atoms with Crippen LogP contribution in [0.3, 0.4) is 0 Å². The lowest BCUT2D eigenvalue weighted by Crippen LogP contribution is -2.38. The molecule has 33 heavy (non-hydrogen) atoms. The van der Waals surface area contributed by atoms with Crippen LogP contribution in [-0.2, 0) is 14.4 Å². The Labute approximate surface area is 191 Å². The van der Waals surface area contributed by atoms with E-state index in [1.807, 2.05) is 12.1 Å². The number of nitrogens with one attached hydrogen (secondary N) is 2. The number of ketones is 1. The average Bonchev–Trinajstić information content (AvgIpc) is 2.80. The Balaban J connectivity index is 1.72. The van der Waals surface area contributed by atoms with Crippen LogP contribution in [0.2, 0.25) is 0 Å². The summed E-state index contributed by atoms with van der Waals surface area (Å²) in [4.78, 5) is 39.5. The number of hydrogen-bond donors (Lipinski definition) is 2. The highest BCUT2D eigenvalue weighted by Gasteiger charge is 2.41. The molecule has 0 aromatic heterocycles. The highest BCUT2D eigenvalue weighted by molar-refractivity contribution is 6.25. The van der Waals surface area contributed by atoms with Gasteiger partial charge in [-0.25, -0.2) is 4.39 Å². The fourth-order valence-corrected chi connectivity index (χ4v) is 4.26. The summed E-state index contributed by atoms with van der Waals surface area (Å²) in [6.07, 6.45) is -0.0343. The van der Waals surface area contributed by atoms with E-state index in [2.05, 4.69) is 10.6 Å². The van der Waals surface area contributed by atoms with E-state index in [1.165, 1.54) is 12.1 Å². The highest BCUT2D eigenvalue weighted by atomic mass is 19.1. The SMILES string of the molecule is CC1=C(C(=O)Nc2ccccc2)C(=O)CC(c2ccc(F)cc2)C1C(=O)Nc1ccccc1. The summed E-state index contributed by atoms with van der Waals surface area (Å²) in [6, 6.07) is 23.6. The summed E-state index contributed by atoms with van der Waals surface area (Å²) >= 11 is 0. The summed E-state index contributed by atoms with van der Waals surface area (Å²) < 4.78 is 13.5. The van der Waals surface area contributed by atoms with Gasteiger partial charge in [0.2, 0.25) is 5.91 Å². The van der Waals surface area contributed by atoms with Crippen LogP contribution in [0, 0.1) is 11.7 Å². The van der Waals surface area contributed by atoms with Gasteiger partial charge in [-0.2, -0.15) is 0 Å². The third-order valence-electron chi connectivity index (χ3n) is 5.83. The topological polar surface area (TPSA) is 75.3 Å². The molecule has 0 saturated heterocycles. The Morgan fingerprint density at radius 3 is 1.94 bits per heavy atom. The van der Waals surface area contributed by atoms with Gasteiger partial charge < -0.3 is 10.6 Å². The molecule has 2 unspecified atom stereocenters. The molecule has 3 aromatic rings. The van der Waals surface area contributed by atoms with Gasteiger partial charge in [0.15, 0.2) is 5.78 Å². The lowest BCUT2D eigenvalue weighted by atomic mass is 9.71. The van der Waals surface area contributed by atoms with Gasteiger partial charge in [-0.1, -0.05) is 48.5 Å². The van der Waals surface area contributed by atoms with Crippen LogP contribution >= 0.6 is 0 Å². The summed E-state index contributed by atoms with van der Waals surface area (Å²) in [5.41, 5.74) is 2.22. The molecule has 1 aliphatic rings. The van der Waals surface area contributed by atoms with Gasteiger partial charge in [-0.05, 0) is 54.5 Å². The highest BCUT2D eigenvalue weighted by Crippen LogP contribution is 2.40. The molecule has 166 valence electrons. The Morgan fingerprint density at radius 1 is 0.818 bits per heavy atom. The van der Waals surface area contributed by atoms with E-state index >= 15 is 0 Å². The molecule has 0 saturated carbocycles. The molecule has 3 aromatic carbocycles. The molecule has 4 rings (SSSR count). The quantitative estimate of drug-likeness (QED) is 0.541. The lowest BCUT2D eigenvalue weighted by molar-refractivity contribution is -0.123. The maximum absolute atomic E-state index is 13.5. The molecule has 0 radical (unpaired) electrons. The molecule has 0 bridgehead atoms. The van der Waals surface area contributed by atoms with Gasteiger partial charge in [0.05, 0.1) is 11.5 Å². The first-order valence-electron chi connectivity index (χ1n) is 10.7. The molecular weight excluding hydrogens is 419 g/mol. The molecule has 2 amide bonds. The normalized spacial score (nSPS) is 18.1. The zero-order chi connectivity index (χ0) is 23.4.